The highest BCUT2D eigenvalue weighted by Gasteiger charge is 2.28. The molecule has 1 aromatic rings. The van der Waals surface area contributed by atoms with Crippen molar-refractivity contribution in [1.82, 2.24) is 15.0 Å². The second-order valence-corrected chi connectivity index (χ2v) is 13.1. The van der Waals surface area contributed by atoms with Crippen LogP contribution >= 0.6 is 0 Å². The molecule has 0 saturated carbocycles. The van der Waals surface area contributed by atoms with Crippen molar-refractivity contribution in [2.45, 2.75) is 181 Å². The van der Waals surface area contributed by atoms with Gasteiger partial charge in [0, 0.05) is 39.0 Å². The number of aryl methyl sites for hydroxylation is 1. The van der Waals surface area contributed by atoms with Crippen LogP contribution in [-0.4, -0.2) is 70.8 Å². The first-order valence-electron chi connectivity index (χ1n) is 18.0. The van der Waals surface area contributed by atoms with Gasteiger partial charge in [0.05, 0.1) is 24.9 Å². The molecule has 0 aliphatic heterocycles. The van der Waals surface area contributed by atoms with Gasteiger partial charge in [-0.05, 0) is 40.0 Å². The SMILES string of the molecule is CCCCCCCCCC(=O)OCC(Cn1cc(CCC(=O)C(C)(C)OCCC(C)OC)nn1)OC(=O)CCCCCCCCC. The Labute approximate surface area is 279 Å². The molecule has 0 amide bonds. The second-order valence-electron chi connectivity index (χ2n) is 13.1. The molecule has 0 saturated heterocycles. The highest BCUT2D eigenvalue weighted by molar-refractivity contribution is 5.86. The molecule has 1 aromatic heterocycles. The summed E-state index contributed by atoms with van der Waals surface area (Å²) in [5.74, 6) is -0.590. The molecule has 0 radical (unpaired) electrons. The Bertz CT molecular complexity index is 950. The number of hydrogen-bond donors (Lipinski definition) is 0. The van der Waals surface area contributed by atoms with Crippen molar-refractivity contribution >= 4 is 17.7 Å². The van der Waals surface area contributed by atoms with Gasteiger partial charge in [-0.3, -0.25) is 14.4 Å². The molecule has 1 rings (SSSR count). The van der Waals surface area contributed by atoms with Crippen LogP contribution in [0.25, 0.3) is 0 Å². The molecule has 0 N–H and O–H groups in total. The largest absolute Gasteiger partial charge is 0.462 e. The number of carbonyl (C=O) groups is 3. The zero-order chi connectivity index (χ0) is 34.0. The number of rotatable bonds is 30. The number of nitrogens with zero attached hydrogens (tertiary/aromatic N) is 3. The van der Waals surface area contributed by atoms with Gasteiger partial charge in [0.1, 0.15) is 12.2 Å². The number of carbonyl (C=O) groups excluding carboxylic acids is 3. The third-order valence-electron chi connectivity index (χ3n) is 8.34. The summed E-state index contributed by atoms with van der Waals surface area (Å²) in [6.45, 7) is 10.5. The van der Waals surface area contributed by atoms with Gasteiger partial charge in [0.15, 0.2) is 11.9 Å². The van der Waals surface area contributed by atoms with E-state index in [0.717, 1.165) is 38.5 Å². The summed E-state index contributed by atoms with van der Waals surface area (Å²) in [4.78, 5) is 38.0. The van der Waals surface area contributed by atoms with Crippen LogP contribution in [0.15, 0.2) is 6.20 Å². The number of hydrogen-bond acceptors (Lipinski definition) is 9. The maximum absolute atomic E-state index is 12.8. The van der Waals surface area contributed by atoms with E-state index in [2.05, 4.69) is 24.2 Å². The smallest absolute Gasteiger partial charge is 0.306 e. The van der Waals surface area contributed by atoms with Gasteiger partial charge >= 0.3 is 11.9 Å². The van der Waals surface area contributed by atoms with Gasteiger partial charge in [-0.25, -0.2) is 4.68 Å². The van der Waals surface area contributed by atoms with Gasteiger partial charge in [-0.1, -0.05) is 96.1 Å². The van der Waals surface area contributed by atoms with Crippen molar-refractivity contribution < 1.29 is 33.3 Å². The summed E-state index contributed by atoms with van der Waals surface area (Å²) >= 11 is 0. The van der Waals surface area contributed by atoms with Crippen molar-refractivity contribution in [2.24, 2.45) is 0 Å². The normalized spacial score (nSPS) is 13.0. The van der Waals surface area contributed by atoms with Crippen molar-refractivity contribution in [3.05, 3.63) is 11.9 Å². The number of methoxy groups -OCH3 is 1. The van der Waals surface area contributed by atoms with Crippen molar-refractivity contribution in [1.29, 1.82) is 0 Å². The van der Waals surface area contributed by atoms with Gasteiger partial charge in [-0.2, -0.15) is 0 Å². The van der Waals surface area contributed by atoms with Gasteiger partial charge in [-0.15, -0.1) is 5.10 Å². The fourth-order valence-electron chi connectivity index (χ4n) is 5.05. The number of esters is 2. The Morgan fingerprint density at radius 2 is 1.39 bits per heavy atom. The predicted molar refractivity (Wildman–Crippen MR) is 181 cm³/mol. The van der Waals surface area contributed by atoms with Gasteiger partial charge < -0.3 is 18.9 Å². The van der Waals surface area contributed by atoms with E-state index < -0.39 is 11.7 Å². The molecule has 2 atom stereocenters. The van der Waals surface area contributed by atoms with E-state index in [9.17, 15) is 14.4 Å². The van der Waals surface area contributed by atoms with E-state index in [1.807, 2.05) is 6.92 Å². The summed E-state index contributed by atoms with van der Waals surface area (Å²) in [6.07, 6.45) is 18.9. The minimum atomic E-state index is -0.906. The summed E-state index contributed by atoms with van der Waals surface area (Å²) in [7, 11) is 1.65. The van der Waals surface area contributed by atoms with Crippen LogP contribution in [0.5, 0.6) is 0 Å². The van der Waals surface area contributed by atoms with Crippen molar-refractivity contribution in [3.8, 4) is 0 Å². The highest BCUT2D eigenvalue weighted by atomic mass is 16.6. The van der Waals surface area contributed by atoms with Crippen LogP contribution in [0, 0.1) is 0 Å². The Kier molecular flexibility index (Phi) is 23.3. The lowest BCUT2D eigenvalue weighted by Gasteiger charge is -2.24. The van der Waals surface area contributed by atoms with Gasteiger partial charge in [0.25, 0.3) is 0 Å². The summed E-state index contributed by atoms with van der Waals surface area (Å²) < 4.78 is 24.0. The summed E-state index contributed by atoms with van der Waals surface area (Å²) in [5, 5.41) is 8.41. The number of ether oxygens (including phenoxy) is 4. The topological polar surface area (TPSA) is 119 Å². The Morgan fingerprint density at radius 1 is 0.826 bits per heavy atom. The maximum atomic E-state index is 12.8. The molecule has 1 heterocycles. The van der Waals surface area contributed by atoms with E-state index in [0.29, 0.717) is 38.0 Å². The van der Waals surface area contributed by atoms with Crippen LogP contribution in [-0.2, 0) is 46.3 Å². The summed E-state index contributed by atoms with van der Waals surface area (Å²) in [6, 6.07) is 0. The molecule has 0 fully saturated rings. The lowest BCUT2D eigenvalue weighted by atomic mass is 9.98. The van der Waals surface area contributed by atoms with Crippen molar-refractivity contribution in [2.75, 3.05) is 20.3 Å². The fourth-order valence-corrected chi connectivity index (χ4v) is 5.05. The minimum absolute atomic E-state index is 0.0165. The van der Waals surface area contributed by atoms with Crippen molar-refractivity contribution in [3.63, 3.8) is 0 Å². The zero-order valence-electron chi connectivity index (χ0n) is 30.0. The third kappa shape index (κ3) is 20.7. The monoisotopic (exact) mass is 651 g/mol. The van der Waals surface area contributed by atoms with Crippen LogP contribution in [0.4, 0.5) is 0 Å². The molecule has 0 aromatic carbocycles. The number of ketones is 1. The molecule has 0 aliphatic carbocycles. The lowest BCUT2D eigenvalue weighted by molar-refractivity contribution is -0.160. The lowest BCUT2D eigenvalue weighted by Crippen LogP contribution is -2.36. The molecule has 10 heteroatoms. The van der Waals surface area contributed by atoms with Gasteiger partial charge in [0.2, 0.25) is 0 Å². The van der Waals surface area contributed by atoms with Crippen LogP contribution in [0.1, 0.15) is 156 Å². The minimum Gasteiger partial charge on any atom is -0.462 e. The van der Waals surface area contributed by atoms with E-state index in [1.165, 1.54) is 51.4 Å². The average molecular weight is 652 g/mol. The van der Waals surface area contributed by atoms with Crippen LogP contribution in [0.3, 0.4) is 0 Å². The molecule has 266 valence electrons. The first-order valence-corrected chi connectivity index (χ1v) is 18.0. The van der Waals surface area contributed by atoms with Crippen LogP contribution < -0.4 is 0 Å². The van der Waals surface area contributed by atoms with E-state index in [4.69, 9.17) is 18.9 Å². The Morgan fingerprint density at radius 3 is 1.98 bits per heavy atom. The van der Waals surface area contributed by atoms with E-state index in [-0.39, 0.29) is 43.4 Å². The molecule has 0 spiro atoms. The number of Topliss-reactive ketones (excluding diaryl/α,β-unsaturated/α-hetero) is 1. The number of aromatic nitrogens is 3. The molecule has 0 aliphatic rings. The first-order chi connectivity index (χ1) is 22.1. The summed E-state index contributed by atoms with van der Waals surface area (Å²) in [5.41, 5.74) is -0.252. The van der Waals surface area contributed by atoms with E-state index >= 15 is 0 Å². The van der Waals surface area contributed by atoms with Crippen LogP contribution in [0.2, 0.25) is 0 Å². The molecule has 2 unspecified atom stereocenters. The molecular formula is C36H65N3O7. The maximum Gasteiger partial charge on any atom is 0.306 e. The Hall–Kier alpha value is -2.33. The van der Waals surface area contributed by atoms with E-state index in [1.54, 1.807) is 31.8 Å². The zero-order valence-corrected chi connectivity index (χ0v) is 30.0. The highest BCUT2D eigenvalue weighted by Crippen LogP contribution is 2.16. The molecule has 46 heavy (non-hydrogen) atoms. The second kappa shape index (κ2) is 25.7. The predicted octanol–water partition coefficient (Wildman–Crippen LogP) is 7.74. The fraction of sp³-hybridized carbons (Fsp3) is 0.861. The first kappa shape index (κ1) is 41.7. The quantitative estimate of drug-likeness (QED) is 0.0608. The number of unbranched alkanes of at least 4 members (excludes halogenated alkanes) is 12. The molecular weight excluding hydrogens is 586 g/mol. The average Bonchev–Trinajstić information content (AvgIpc) is 3.48. The third-order valence-corrected chi connectivity index (χ3v) is 8.34. The molecule has 10 nitrogen and oxygen atoms in total. The standard InChI is InChI=1S/C36H65N3O7/c1-7-9-11-13-15-17-19-21-34(41)44-29-32(46-35(42)22-20-18-16-14-12-10-8-2)28-39-27-31(37-38-39)23-24-33(40)36(4,5)45-26-25-30(3)43-6/h27,30,32H,7-26,28-29H2,1-6H3. The molecule has 0 bridgehead atoms. The Balaban J connectivity index is 2.62.